The summed E-state index contributed by atoms with van der Waals surface area (Å²) in [5.74, 6) is -0.316. The van der Waals surface area contributed by atoms with Gasteiger partial charge in [0.15, 0.2) is 0 Å². The van der Waals surface area contributed by atoms with Gasteiger partial charge in [-0.05, 0) is 18.4 Å². The Morgan fingerprint density at radius 2 is 2.13 bits per heavy atom. The zero-order chi connectivity index (χ0) is 16.1. The summed E-state index contributed by atoms with van der Waals surface area (Å²) < 4.78 is 5.47. The molecular formula is C17H21N3O3. The molecule has 23 heavy (non-hydrogen) atoms. The predicted octanol–water partition coefficient (Wildman–Crippen LogP) is 1.31. The van der Waals surface area contributed by atoms with Gasteiger partial charge in [-0.25, -0.2) is 5.01 Å². The van der Waals surface area contributed by atoms with Crippen molar-refractivity contribution in [1.29, 1.82) is 0 Å². The Morgan fingerprint density at radius 3 is 2.87 bits per heavy atom. The van der Waals surface area contributed by atoms with E-state index in [1.807, 2.05) is 30.3 Å². The van der Waals surface area contributed by atoms with Crippen LogP contribution in [0.4, 0.5) is 0 Å². The third-order valence-corrected chi connectivity index (χ3v) is 4.06. The number of carbonyl (C=O) groups is 2. The molecule has 122 valence electrons. The maximum Gasteiger partial charge on any atom is 0.243 e. The zero-order valence-electron chi connectivity index (χ0n) is 13.0. The highest BCUT2D eigenvalue weighted by Crippen LogP contribution is 2.15. The second kappa shape index (κ2) is 7.37. The Morgan fingerprint density at radius 1 is 1.30 bits per heavy atom. The molecule has 0 bridgehead atoms. The lowest BCUT2D eigenvalue weighted by atomic mass is 10.0. The molecule has 3 rings (SSSR count). The molecule has 6 nitrogen and oxygen atoms in total. The number of hydrogen-bond donors (Lipinski definition) is 1. The summed E-state index contributed by atoms with van der Waals surface area (Å²) in [5, 5.41) is 8.46. The van der Waals surface area contributed by atoms with Gasteiger partial charge in [-0.1, -0.05) is 30.3 Å². The van der Waals surface area contributed by atoms with E-state index < -0.39 is 0 Å². The van der Waals surface area contributed by atoms with Crippen molar-refractivity contribution in [1.82, 2.24) is 10.3 Å². The highest BCUT2D eigenvalue weighted by Gasteiger charge is 2.24. The maximum atomic E-state index is 12.0. The summed E-state index contributed by atoms with van der Waals surface area (Å²) in [5.41, 5.74) is 1.84. The number of hydrazone groups is 1. The topological polar surface area (TPSA) is 71.0 Å². The van der Waals surface area contributed by atoms with Crippen molar-refractivity contribution < 1.29 is 14.3 Å². The van der Waals surface area contributed by atoms with Crippen LogP contribution in [0.25, 0.3) is 0 Å². The number of amides is 2. The van der Waals surface area contributed by atoms with Crippen LogP contribution in [0.5, 0.6) is 0 Å². The van der Waals surface area contributed by atoms with Crippen LogP contribution in [-0.2, 0) is 14.3 Å². The standard InChI is InChI=1S/C17H21N3O3/c21-16(18-11-14-7-4-10-23-14)12-20-17(22)9-8-15(19-20)13-5-2-1-3-6-13/h1-3,5-6,14H,4,7-12H2,(H,18,21). The van der Waals surface area contributed by atoms with Crippen molar-refractivity contribution in [2.45, 2.75) is 31.8 Å². The molecule has 1 atom stereocenters. The van der Waals surface area contributed by atoms with Gasteiger partial charge in [0.2, 0.25) is 11.8 Å². The molecular weight excluding hydrogens is 294 g/mol. The molecule has 1 aromatic carbocycles. The van der Waals surface area contributed by atoms with Crippen LogP contribution in [0.15, 0.2) is 35.4 Å². The van der Waals surface area contributed by atoms with Crippen molar-refractivity contribution in [3.05, 3.63) is 35.9 Å². The number of rotatable bonds is 5. The Balaban J connectivity index is 1.58. The summed E-state index contributed by atoms with van der Waals surface area (Å²) in [6.07, 6.45) is 3.10. The van der Waals surface area contributed by atoms with E-state index in [2.05, 4.69) is 10.4 Å². The summed E-state index contributed by atoms with van der Waals surface area (Å²) >= 11 is 0. The highest BCUT2D eigenvalue weighted by molar-refractivity contribution is 6.04. The van der Waals surface area contributed by atoms with Crippen LogP contribution in [0.3, 0.4) is 0 Å². The quantitative estimate of drug-likeness (QED) is 0.890. The lowest BCUT2D eigenvalue weighted by Crippen LogP contribution is -2.42. The monoisotopic (exact) mass is 315 g/mol. The van der Waals surface area contributed by atoms with E-state index in [0.29, 0.717) is 19.4 Å². The van der Waals surface area contributed by atoms with Crippen molar-refractivity contribution in [3.63, 3.8) is 0 Å². The van der Waals surface area contributed by atoms with E-state index in [1.165, 1.54) is 5.01 Å². The molecule has 1 aromatic rings. The van der Waals surface area contributed by atoms with Gasteiger partial charge < -0.3 is 10.1 Å². The zero-order valence-corrected chi connectivity index (χ0v) is 13.0. The summed E-state index contributed by atoms with van der Waals surface area (Å²) in [6, 6.07) is 9.74. The molecule has 0 saturated carbocycles. The van der Waals surface area contributed by atoms with Gasteiger partial charge in [-0.15, -0.1) is 0 Å². The smallest absolute Gasteiger partial charge is 0.243 e. The Labute approximate surface area is 135 Å². The van der Waals surface area contributed by atoms with Gasteiger partial charge >= 0.3 is 0 Å². The normalized spacial score (nSPS) is 21.2. The molecule has 1 unspecified atom stereocenters. The molecule has 2 aliphatic rings. The van der Waals surface area contributed by atoms with Crippen LogP contribution in [-0.4, -0.2) is 48.3 Å². The molecule has 0 radical (unpaired) electrons. The molecule has 1 saturated heterocycles. The Bertz CT molecular complexity index is 594. The molecule has 2 aliphatic heterocycles. The number of nitrogens with zero attached hydrogens (tertiary/aromatic N) is 2. The minimum atomic E-state index is -0.202. The van der Waals surface area contributed by atoms with Crippen molar-refractivity contribution in [2.24, 2.45) is 5.10 Å². The van der Waals surface area contributed by atoms with Crippen LogP contribution < -0.4 is 5.32 Å². The number of carbonyl (C=O) groups excluding carboxylic acids is 2. The first-order valence-electron chi connectivity index (χ1n) is 8.04. The summed E-state index contributed by atoms with van der Waals surface area (Å²) in [7, 11) is 0. The van der Waals surface area contributed by atoms with Crippen LogP contribution in [0, 0.1) is 0 Å². The molecule has 1 fully saturated rings. The van der Waals surface area contributed by atoms with E-state index in [9.17, 15) is 9.59 Å². The van der Waals surface area contributed by atoms with Crippen molar-refractivity contribution in [3.8, 4) is 0 Å². The average Bonchev–Trinajstić information content (AvgIpc) is 3.09. The van der Waals surface area contributed by atoms with Crippen LogP contribution >= 0.6 is 0 Å². The lowest BCUT2D eigenvalue weighted by Gasteiger charge is -2.23. The predicted molar refractivity (Wildman–Crippen MR) is 85.9 cm³/mol. The van der Waals surface area contributed by atoms with E-state index in [4.69, 9.17) is 4.74 Å². The van der Waals surface area contributed by atoms with E-state index >= 15 is 0 Å². The number of nitrogens with one attached hydrogen (secondary N) is 1. The Kier molecular flexibility index (Phi) is 5.02. The second-order valence-electron chi connectivity index (χ2n) is 5.80. The van der Waals surface area contributed by atoms with Gasteiger partial charge in [0.25, 0.3) is 0 Å². The van der Waals surface area contributed by atoms with Gasteiger partial charge in [0, 0.05) is 26.0 Å². The first kappa shape index (κ1) is 15.7. The summed E-state index contributed by atoms with van der Waals surface area (Å²) in [6.45, 7) is 1.22. The largest absolute Gasteiger partial charge is 0.376 e. The molecule has 2 heterocycles. The second-order valence-corrected chi connectivity index (χ2v) is 5.80. The molecule has 1 N–H and O–H groups in total. The third kappa shape index (κ3) is 4.16. The van der Waals surface area contributed by atoms with Gasteiger partial charge in [0.1, 0.15) is 6.54 Å². The fraction of sp³-hybridized carbons (Fsp3) is 0.471. The van der Waals surface area contributed by atoms with Gasteiger partial charge in [-0.2, -0.15) is 5.10 Å². The van der Waals surface area contributed by atoms with E-state index in [0.717, 1.165) is 30.7 Å². The van der Waals surface area contributed by atoms with Crippen molar-refractivity contribution in [2.75, 3.05) is 19.7 Å². The first-order chi connectivity index (χ1) is 11.2. The third-order valence-electron chi connectivity index (χ3n) is 4.06. The van der Waals surface area contributed by atoms with E-state index in [1.54, 1.807) is 0 Å². The van der Waals surface area contributed by atoms with Gasteiger partial charge in [0.05, 0.1) is 11.8 Å². The molecule has 0 aliphatic carbocycles. The van der Waals surface area contributed by atoms with Crippen molar-refractivity contribution >= 4 is 17.5 Å². The number of hydrogen-bond acceptors (Lipinski definition) is 4. The minimum absolute atomic E-state index is 0.0398. The molecule has 6 heteroatoms. The fourth-order valence-electron chi connectivity index (χ4n) is 2.79. The van der Waals surface area contributed by atoms with Crippen LogP contribution in [0.1, 0.15) is 31.2 Å². The average molecular weight is 315 g/mol. The minimum Gasteiger partial charge on any atom is -0.376 e. The molecule has 2 amide bonds. The maximum absolute atomic E-state index is 12.0. The highest BCUT2D eigenvalue weighted by atomic mass is 16.5. The lowest BCUT2D eigenvalue weighted by molar-refractivity contribution is -0.136. The molecule has 0 aromatic heterocycles. The number of ether oxygens (including phenoxy) is 1. The van der Waals surface area contributed by atoms with Gasteiger partial charge in [-0.3, -0.25) is 9.59 Å². The first-order valence-corrected chi connectivity index (χ1v) is 8.04. The number of benzene rings is 1. The summed E-state index contributed by atoms with van der Waals surface area (Å²) in [4.78, 5) is 24.0. The molecule has 0 spiro atoms. The van der Waals surface area contributed by atoms with E-state index in [-0.39, 0.29) is 24.5 Å². The van der Waals surface area contributed by atoms with Crippen LogP contribution in [0.2, 0.25) is 0 Å². The SMILES string of the molecule is O=C(CN1N=C(c2ccccc2)CCC1=O)NCC1CCCO1. The fourth-order valence-corrected chi connectivity index (χ4v) is 2.79. The Hall–Kier alpha value is -2.21.